The monoisotopic (exact) mass is 375 g/mol. The average Bonchev–Trinajstić information content (AvgIpc) is 3.09. The summed E-state index contributed by atoms with van der Waals surface area (Å²) in [6, 6.07) is 1.90. The standard InChI is InChI=1S/C19H23F2N5O/c20-19(21)6-3-8-26(9-7-19)17-15(18(27)24-14-11-22-23-12-14)10-13-4-1-2-5-16(13)25-17/h10-12H,1-9H2,(H,22,23)(H,24,27). The Kier molecular flexibility index (Phi) is 4.80. The van der Waals surface area contributed by atoms with E-state index in [1.54, 1.807) is 6.20 Å². The van der Waals surface area contributed by atoms with Crippen LogP contribution in [0, 0.1) is 0 Å². The second kappa shape index (κ2) is 7.25. The molecule has 0 atom stereocenters. The summed E-state index contributed by atoms with van der Waals surface area (Å²) in [5.74, 6) is -2.42. The fourth-order valence-corrected chi connectivity index (χ4v) is 3.82. The highest BCUT2D eigenvalue weighted by Crippen LogP contribution is 2.32. The van der Waals surface area contributed by atoms with Gasteiger partial charge in [-0.1, -0.05) is 0 Å². The van der Waals surface area contributed by atoms with Crippen molar-refractivity contribution in [3.8, 4) is 0 Å². The third kappa shape index (κ3) is 3.94. The lowest BCUT2D eigenvalue weighted by Crippen LogP contribution is -2.30. The Balaban J connectivity index is 1.68. The van der Waals surface area contributed by atoms with E-state index >= 15 is 0 Å². The molecular weight excluding hydrogens is 352 g/mol. The SMILES string of the molecule is O=C(Nc1cn[nH]c1)c1cc2c(nc1N1CCCC(F)(F)CC1)CCCC2. The number of rotatable bonds is 3. The summed E-state index contributed by atoms with van der Waals surface area (Å²) in [4.78, 5) is 19.5. The molecular formula is C19H23F2N5O. The number of aromatic nitrogens is 3. The van der Waals surface area contributed by atoms with Crippen LogP contribution in [0.15, 0.2) is 18.5 Å². The van der Waals surface area contributed by atoms with Gasteiger partial charge in [0.2, 0.25) is 5.92 Å². The van der Waals surface area contributed by atoms with E-state index in [9.17, 15) is 13.6 Å². The number of anilines is 2. The van der Waals surface area contributed by atoms with Crippen LogP contribution in [0.4, 0.5) is 20.3 Å². The second-order valence-corrected chi connectivity index (χ2v) is 7.31. The molecule has 2 aromatic rings. The molecule has 0 unspecified atom stereocenters. The number of alkyl halides is 2. The summed E-state index contributed by atoms with van der Waals surface area (Å²) in [6.07, 6.45) is 7.08. The summed E-state index contributed by atoms with van der Waals surface area (Å²) >= 11 is 0. The summed E-state index contributed by atoms with van der Waals surface area (Å²) in [6.45, 7) is 0.679. The van der Waals surface area contributed by atoms with Crippen LogP contribution in [0.1, 0.15) is 53.7 Å². The number of nitrogens with one attached hydrogen (secondary N) is 2. The van der Waals surface area contributed by atoms with Crippen molar-refractivity contribution in [3.05, 3.63) is 35.3 Å². The Morgan fingerprint density at radius 3 is 2.85 bits per heavy atom. The zero-order chi connectivity index (χ0) is 18.9. The van der Waals surface area contributed by atoms with Crippen LogP contribution < -0.4 is 10.2 Å². The zero-order valence-corrected chi connectivity index (χ0v) is 15.1. The minimum atomic E-state index is -2.65. The first-order valence-electron chi connectivity index (χ1n) is 9.47. The molecule has 144 valence electrons. The van der Waals surface area contributed by atoms with Crippen molar-refractivity contribution in [1.82, 2.24) is 15.2 Å². The number of carbonyl (C=O) groups is 1. The molecule has 4 rings (SSSR count). The van der Waals surface area contributed by atoms with E-state index in [1.807, 2.05) is 11.0 Å². The van der Waals surface area contributed by atoms with Gasteiger partial charge in [-0.05, 0) is 43.7 Å². The lowest BCUT2D eigenvalue weighted by molar-refractivity contribution is -0.0102. The molecule has 0 spiro atoms. The quantitative estimate of drug-likeness (QED) is 0.860. The molecule has 0 saturated carbocycles. The third-order valence-corrected chi connectivity index (χ3v) is 5.30. The maximum absolute atomic E-state index is 13.8. The molecule has 1 aliphatic carbocycles. The number of pyridine rings is 1. The number of aromatic amines is 1. The Labute approximate surface area is 156 Å². The maximum atomic E-state index is 13.8. The number of fused-ring (bicyclic) bond motifs is 1. The van der Waals surface area contributed by atoms with Crippen molar-refractivity contribution in [3.63, 3.8) is 0 Å². The molecule has 8 heteroatoms. The smallest absolute Gasteiger partial charge is 0.259 e. The normalized spacial score (nSPS) is 19.3. The molecule has 1 aliphatic heterocycles. The first kappa shape index (κ1) is 17.9. The first-order valence-corrected chi connectivity index (χ1v) is 9.47. The first-order chi connectivity index (χ1) is 13.0. The molecule has 1 saturated heterocycles. The molecule has 0 aromatic carbocycles. The maximum Gasteiger partial charge on any atom is 0.259 e. The Bertz CT molecular complexity index is 822. The van der Waals surface area contributed by atoms with Gasteiger partial charge in [0.1, 0.15) is 5.82 Å². The number of hydrogen-bond donors (Lipinski definition) is 2. The molecule has 2 N–H and O–H groups in total. The van der Waals surface area contributed by atoms with Crippen molar-refractivity contribution < 1.29 is 13.6 Å². The zero-order valence-electron chi connectivity index (χ0n) is 15.1. The third-order valence-electron chi connectivity index (χ3n) is 5.30. The fourth-order valence-electron chi connectivity index (χ4n) is 3.82. The summed E-state index contributed by atoms with van der Waals surface area (Å²) in [5, 5.41) is 9.30. The van der Waals surface area contributed by atoms with Gasteiger partial charge in [-0.3, -0.25) is 9.89 Å². The number of nitrogens with zero attached hydrogens (tertiary/aromatic N) is 3. The Morgan fingerprint density at radius 1 is 1.19 bits per heavy atom. The van der Waals surface area contributed by atoms with Crippen molar-refractivity contribution in [1.29, 1.82) is 0 Å². The molecule has 0 bridgehead atoms. The number of aryl methyl sites for hydroxylation is 2. The predicted molar refractivity (Wildman–Crippen MR) is 98.4 cm³/mol. The van der Waals surface area contributed by atoms with Crippen LogP contribution in [-0.4, -0.2) is 40.1 Å². The van der Waals surface area contributed by atoms with Crippen LogP contribution in [-0.2, 0) is 12.8 Å². The van der Waals surface area contributed by atoms with Gasteiger partial charge in [-0.15, -0.1) is 0 Å². The minimum absolute atomic E-state index is 0.120. The van der Waals surface area contributed by atoms with Crippen molar-refractivity contribution in [2.45, 2.75) is 50.9 Å². The van der Waals surface area contributed by atoms with Gasteiger partial charge in [0.15, 0.2) is 0 Å². The molecule has 2 aromatic heterocycles. The number of H-pyrrole nitrogens is 1. The second-order valence-electron chi connectivity index (χ2n) is 7.31. The van der Waals surface area contributed by atoms with E-state index < -0.39 is 5.92 Å². The topological polar surface area (TPSA) is 73.9 Å². The summed E-state index contributed by atoms with van der Waals surface area (Å²) < 4.78 is 27.6. The molecule has 3 heterocycles. The highest BCUT2D eigenvalue weighted by Gasteiger charge is 2.33. The highest BCUT2D eigenvalue weighted by molar-refractivity contribution is 6.07. The summed E-state index contributed by atoms with van der Waals surface area (Å²) in [5.41, 5.74) is 3.09. The lowest BCUT2D eigenvalue weighted by atomic mass is 9.94. The molecule has 27 heavy (non-hydrogen) atoms. The van der Waals surface area contributed by atoms with Crippen LogP contribution in [0.5, 0.6) is 0 Å². The molecule has 1 fully saturated rings. The minimum Gasteiger partial charge on any atom is -0.356 e. The number of halogens is 2. The number of carbonyl (C=O) groups excluding carboxylic acids is 1. The Hall–Kier alpha value is -2.51. The van der Waals surface area contributed by atoms with Crippen molar-refractivity contribution in [2.75, 3.05) is 23.3 Å². The number of hydrogen-bond acceptors (Lipinski definition) is 4. The van der Waals surface area contributed by atoms with Gasteiger partial charge >= 0.3 is 0 Å². The average molecular weight is 375 g/mol. The van der Waals surface area contributed by atoms with Crippen molar-refractivity contribution >= 4 is 17.4 Å². The predicted octanol–water partition coefficient (Wildman–Crippen LogP) is 3.56. The molecule has 1 amide bonds. The van der Waals surface area contributed by atoms with Gasteiger partial charge in [-0.2, -0.15) is 5.10 Å². The van der Waals surface area contributed by atoms with Crippen molar-refractivity contribution in [2.24, 2.45) is 0 Å². The van der Waals surface area contributed by atoms with Gasteiger partial charge in [-0.25, -0.2) is 13.8 Å². The van der Waals surface area contributed by atoms with Gasteiger partial charge < -0.3 is 10.2 Å². The molecule has 2 aliphatic rings. The van der Waals surface area contributed by atoms with Crippen LogP contribution >= 0.6 is 0 Å². The fraction of sp³-hybridized carbons (Fsp3) is 0.526. The molecule has 6 nitrogen and oxygen atoms in total. The van der Waals surface area contributed by atoms with E-state index in [-0.39, 0.29) is 25.3 Å². The Morgan fingerprint density at radius 2 is 2.04 bits per heavy atom. The van der Waals surface area contributed by atoms with E-state index in [0.29, 0.717) is 30.0 Å². The van der Waals surface area contributed by atoms with E-state index in [2.05, 4.69) is 15.5 Å². The lowest BCUT2D eigenvalue weighted by Gasteiger charge is -2.26. The van der Waals surface area contributed by atoms with Crippen LogP contribution in [0.25, 0.3) is 0 Å². The van der Waals surface area contributed by atoms with Crippen LogP contribution in [0.3, 0.4) is 0 Å². The number of amides is 1. The van der Waals surface area contributed by atoms with Gasteiger partial charge in [0.25, 0.3) is 5.91 Å². The van der Waals surface area contributed by atoms with E-state index in [0.717, 1.165) is 36.9 Å². The largest absolute Gasteiger partial charge is 0.356 e. The van der Waals surface area contributed by atoms with Crippen LogP contribution in [0.2, 0.25) is 0 Å². The molecule has 0 radical (unpaired) electrons. The van der Waals surface area contributed by atoms with E-state index in [4.69, 9.17) is 4.98 Å². The summed E-state index contributed by atoms with van der Waals surface area (Å²) in [7, 11) is 0. The van der Waals surface area contributed by atoms with Gasteiger partial charge in [0, 0.05) is 37.8 Å². The van der Waals surface area contributed by atoms with Gasteiger partial charge in [0.05, 0.1) is 17.4 Å². The highest BCUT2D eigenvalue weighted by atomic mass is 19.3. The van der Waals surface area contributed by atoms with E-state index in [1.165, 1.54) is 6.20 Å².